The zero-order chi connectivity index (χ0) is 22.4. The average Bonchev–Trinajstić information content (AvgIpc) is 3.45. The van der Waals surface area contributed by atoms with Gasteiger partial charge in [0.1, 0.15) is 5.69 Å². The highest BCUT2D eigenvalue weighted by atomic mass is 16.7. The summed E-state index contributed by atoms with van der Waals surface area (Å²) in [5.41, 5.74) is 4.43. The molecule has 1 aliphatic carbocycles. The van der Waals surface area contributed by atoms with Gasteiger partial charge >= 0.3 is 0 Å². The molecule has 4 aromatic rings. The van der Waals surface area contributed by atoms with Gasteiger partial charge in [-0.2, -0.15) is 0 Å². The van der Waals surface area contributed by atoms with Crippen LogP contribution in [0.1, 0.15) is 47.3 Å². The summed E-state index contributed by atoms with van der Waals surface area (Å²) in [5.74, 6) is 1.76. The van der Waals surface area contributed by atoms with Gasteiger partial charge in [-0.3, -0.25) is 4.79 Å². The van der Waals surface area contributed by atoms with E-state index in [1.165, 1.54) is 0 Å². The maximum absolute atomic E-state index is 13.9. The molecule has 1 fully saturated rings. The Morgan fingerprint density at radius 1 is 1.06 bits per heavy atom. The number of rotatable bonds is 6. The number of carbonyl (C=O) groups is 1. The Kier molecular flexibility index (Phi) is 4.75. The number of hydrogen-bond acceptors (Lipinski definition) is 6. The minimum Gasteiger partial charge on any atom is -0.454 e. The Balaban J connectivity index is 1.41. The van der Waals surface area contributed by atoms with Gasteiger partial charge in [-0.25, -0.2) is 4.98 Å². The molecule has 166 valence electrons. The minimum absolute atomic E-state index is 0.0650. The van der Waals surface area contributed by atoms with Gasteiger partial charge in [0.2, 0.25) is 6.79 Å². The third kappa shape index (κ3) is 3.59. The number of carbonyl (C=O) groups excluding carboxylic acids is 1. The van der Waals surface area contributed by atoms with Crippen molar-refractivity contribution in [2.75, 3.05) is 13.3 Å². The Labute approximate surface area is 190 Å². The first-order chi connectivity index (χ1) is 16.2. The molecule has 0 unspecified atom stereocenters. The van der Waals surface area contributed by atoms with Gasteiger partial charge in [-0.1, -0.05) is 41.6 Å². The normalized spacial score (nSPS) is 14.6. The first-order valence-corrected chi connectivity index (χ1v) is 11.2. The lowest BCUT2D eigenvalue weighted by Crippen LogP contribution is -2.30. The maximum atomic E-state index is 13.9. The van der Waals surface area contributed by atoms with Crippen molar-refractivity contribution in [3.05, 3.63) is 71.4 Å². The molecule has 1 amide bonds. The Morgan fingerprint density at radius 2 is 1.88 bits per heavy atom. The molecule has 0 N–H and O–H groups in total. The number of hydrogen-bond donors (Lipinski definition) is 0. The average molecular weight is 441 g/mol. The highest BCUT2D eigenvalue weighted by Gasteiger charge is 2.30. The van der Waals surface area contributed by atoms with Crippen molar-refractivity contribution >= 4 is 17.0 Å². The fraction of sp³-hybridized carbons (Fsp3) is 0.269. The van der Waals surface area contributed by atoms with Crippen LogP contribution < -0.4 is 9.47 Å². The standard InChI is InChI=1S/C26H23N3O4/c1-2-29(14-16-8-11-21-22(12-16)32-15-31-21)26(30)19-13-20(17-9-10-17)27-25-23(19)24(28-33-25)18-6-4-3-5-7-18/h3-8,11-13,17H,2,9-10,14-15H2,1H3. The van der Waals surface area contributed by atoms with Crippen LogP contribution in [-0.4, -0.2) is 34.3 Å². The molecule has 6 rings (SSSR count). The molecule has 0 bridgehead atoms. The quantitative estimate of drug-likeness (QED) is 0.411. The van der Waals surface area contributed by atoms with E-state index in [2.05, 4.69) is 5.16 Å². The molecule has 33 heavy (non-hydrogen) atoms. The van der Waals surface area contributed by atoms with E-state index < -0.39 is 0 Å². The minimum atomic E-state index is -0.0650. The van der Waals surface area contributed by atoms with E-state index in [4.69, 9.17) is 19.0 Å². The predicted octanol–water partition coefficient (Wildman–Crippen LogP) is 5.16. The van der Waals surface area contributed by atoms with Crippen molar-refractivity contribution in [3.63, 3.8) is 0 Å². The number of benzene rings is 2. The maximum Gasteiger partial charge on any atom is 0.259 e. The lowest BCUT2D eigenvalue weighted by Gasteiger charge is -2.22. The SMILES string of the molecule is CCN(Cc1ccc2c(c1)OCO2)C(=O)c1cc(C2CC2)nc2onc(-c3ccccc3)c12. The van der Waals surface area contributed by atoms with Crippen molar-refractivity contribution in [1.29, 1.82) is 0 Å². The van der Waals surface area contributed by atoms with Crippen molar-refractivity contribution in [1.82, 2.24) is 15.0 Å². The molecule has 0 radical (unpaired) electrons. The summed E-state index contributed by atoms with van der Waals surface area (Å²) in [6.07, 6.45) is 2.17. The fourth-order valence-electron chi connectivity index (χ4n) is 4.28. The van der Waals surface area contributed by atoms with Gasteiger partial charge in [0.05, 0.1) is 10.9 Å². The third-order valence-electron chi connectivity index (χ3n) is 6.22. The summed E-state index contributed by atoms with van der Waals surface area (Å²) < 4.78 is 16.5. The number of aromatic nitrogens is 2. The van der Waals surface area contributed by atoms with Gasteiger partial charge < -0.3 is 18.9 Å². The Hall–Kier alpha value is -3.87. The lowest BCUT2D eigenvalue weighted by molar-refractivity contribution is 0.0754. The number of nitrogens with zero attached hydrogens (tertiary/aromatic N) is 3. The molecule has 7 heteroatoms. The third-order valence-corrected chi connectivity index (χ3v) is 6.22. The predicted molar refractivity (Wildman–Crippen MR) is 122 cm³/mol. The van der Waals surface area contributed by atoms with Crippen LogP contribution in [0.5, 0.6) is 11.5 Å². The van der Waals surface area contributed by atoms with Gasteiger partial charge in [0.15, 0.2) is 11.5 Å². The molecule has 3 heterocycles. The summed E-state index contributed by atoms with van der Waals surface area (Å²) in [5, 5.41) is 4.97. The van der Waals surface area contributed by atoms with Crippen LogP contribution in [0, 0.1) is 0 Å². The lowest BCUT2D eigenvalue weighted by atomic mass is 10.0. The van der Waals surface area contributed by atoms with Gasteiger partial charge in [-0.15, -0.1) is 0 Å². The number of ether oxygens (including phenoxy) is 2. The van der Waals surface area contributed by atoms with E-state index in [9.17, 15) is 4.79 Å². The van der Waals surface area contributed by atoms with Gasteiger partial charge in [0.25, 0.3) is 11.6 Å². The molecule has 0 atom stereocenters. The van der Waals surface area contributed by atoms with Crippen LogP contribution in [0.2, 0.25) is 0 Å². The summed E-state index contributed by atoms with van der Waals surface area (Å²) in [6, 6.07) is 17.5. The fourth-order valence-corrected chi connectivity index (χ4v) is 4.28. The molecule has 2 aromatic carbocycles. The monoisotopic (exact) mass is 441 g/mol. The molecule has 2 aliphatic rings. The molecule has 1 aliphatic heterocycles. The smallest absolute Gasteiger partial charge is 0.259 e. The van der Waals surface area contributed by atoms with E-state index in [0.29, 0.717) is 47.1 Å². The van der Waals surface area contributed by atoms with Crippen molar-refractivity contribution in [3.8, 4) is 22.8 Å². The van der Waals surface area contributed by atoms with Crippen molar-refractivity contribution in [2.45, 2.75) is 32.2 Å². The molecular weight excluding hydrogens is 418 g/mol. The van der Waals surface area contributed by atoms with Gasteiger partial charge in [0, 0.05) is 30.3 Å². The molecule has 7 nitrogen and oxygen atoms in total. The number of fused-ring (bicyclic) bond motifs is 2. The van der Waals surface area contributed by atoms with Crippen LogP contribution in [0.15, 0.2) is 59.1 Å². The topological polar surface area (TPSA) is 77.7 Å². The van der Waals surface area contributed by atoms with E-state index in [0.717, 1.165) is 35.4 Å². The zero-order valence-electron chi connectivity index (χ0n) is 18.3. The van der Waals surface area contributed by atoms with Crippen LogP contribution in [0.3, 0.4) is 0 Å². The molecular formula is C26H23N3O4. The second-order valence-electron chi connectivity index (χ2n) is 8.45. The summed E-state index contributed by atoms with van der Waals surface area (Å²) in [6.45, 7) is 3.23. The van der Waals surface area contributed by atoms with Crippen LogP contribution >= 0.6 is 0 Å². The van der Waals surface area contributed by atoms with Crippen molar-refractivity contribution in [2.24, 2.45) is 0 Å². The van der Waals surface area contributed by atoms with Crippen LogP contribution in [-0.2, 0) is 6.54 Å². The first kappa shape index (κ1) is 19.8. The van der Waals surface area contributed by atoms with Crippen LogP contribution in [0.4, 0.5) is 0 Å². The van der Waals surface area contributed by atoms with Crippen molar-refractivity contribution < 1.29 is 18.8 Å². The van der Waals surface area contributed by atoms with E-state index in [-0.39, 0.29) is 12.7 Å². The second-order valence-corrected chi connectivity index (χ2v) is 8.45. The highest BCUT2D eigenvalue weighted by Crippen LogP contribution is 2.41. The summed E-state index contributed by atoms with van der Waals surface area (Å²) in [7, 11) is 0. The Morgan fingerprint density at radius 3 is 2.67 bits per heavy atom. The molecule has 0 spiro atoms. The molecule has 2 aromatic heterocycles. The van der Waals surface area contributed by atoms with E-state index in [1.807, 2.05) is 66.4 Å². The van der Waals surface area contributed by atoms with E-state index >= 15 is 0 Å². The molecule has 0 saturated heterocycles. The zero-order valence-corrected chi connectivity index (χ0v) is 18.3. The number of pyridine rings is 1. The van der Waals surface area contributed by atoms with Gasteiger partial charge in [-0.05, 0) is 43.5 Å². The second kappa shape index (κ2) is 7.92. The van der Waals surface area contributed by atoms with E-state index in [1.54, 1.807) is 0 Å². The Bertz CT molecular complexity index is 1340. The van der Waals surface area contributed by atoms with Crippen LogP contribution in [0.25, 0.3) is 22.4 Å². The largest absolute Gasteiger partial charge is 0.454 e. The molecule has 1 saturated carbocycles. The first-order valence-electron chi connectivity index (χ1n) is 11.2. The summed E-state index contributed by atoms with van der Waals surface area (Å²) in [4.78, 5) is 20.4. The summed E-state index contributed by atoms with van der Waals surface area (Å²) >= 11 is 0. The highest BCUT2D eigenvalue weighted by molar-refractivity contribution is 6.09. The number of amides is 1.